The van der Waals surface area contributed by atoms with E-state index in [2.05, 4.69) is 22.6 Å². The molecule has 0 fully saturated rings. The molecular formula is C14H13IO. The molecule has 2 rings (SSSR count). The van der Waals surface area contributed by atoms with Crippen LogP contribution >= 0.6 is 22.6 Å². The lowest BCUT2D eigenvalue weighted by atomic mass is 10.0. The standard InChI is InChI=1S/C14H13IO/c1-10-5-4-6-11(9-10)14(16)12-7-2-3-8-13(12)15/h2-9,14,16H,1H3. The van der Waals surface area contributed by atoms with Gasteiger partial charge in [0.1, 0.15) is 6.10 Å². The molecule has 0 radical (unpaired) electrons. The van der Waals surface area contributed by atoms with E-state index in [0.29, 0.717) is 0 Å². The van der Waals surface area contributed by atoms with E-state index in [9.17, 15) is 5.11 Å². The summed E-state index contributed by atoms with van der Waals surface area (Å²) in [5.41, 5.74) is 3.08. The summed E-state index contributed by atoms with van der Waals surface area (Å²) < 4.78 is 1.09. The van der Waals surface area contributed by atoms with Crippen LogP contribution in [0.25, 0.3) is 0 Å². The second kappa shape index (κ2) is 4.97. The summed E-state index contributed by atoms with van der Waals surface area (Å²) in [4.78, 5) is 0. The first kappa shape index (κ1) is 11.6. The van der Waals surface area contributed by atoms with Crippen LogP contribution in [0.3, 0.4) is 0 Å². The third kappa shape index (κ3) is 2.44. The van der Waals surface area contributed by atoms with Gasteiger partial charge in [-0.25, -0.2) is 0 Å². The molecule has 0 saturated heterocycles. The fourth-order valence-corrected chi connectivity index (χ4v) is 2.40. The first-order valence-electron chi connectivity index (χ1n) is 5.17. The molecule has 0 amide bonds. The van der Waals surface area contributed by atoms with E-state index in [1.807, 2.05) is 55.5 Å². The van der Waals surface area contributed by atoms with Crippen molar-refractivity contribution in [3.05, 3.63) is 68.8 Å². The molecule has 0 aliphatic carbocycles. The first-order valence-corrected chi connectivity index (χ1v) is 6.25. The minimum absolute atomic E-state index is 0.534. The van der Waals surface area contributed by atoms with Crippen molar-refractivity contribution in [1.82, 2.24) is 0 Å². The van der Waals surface area contributed by atoms with Crippen molar-refractivity contribution < 1.29 is 5.11 Å². The predicted octanol–water partition coefficient (Wildman–Crippen LogP) is 3.68. The molecular weight excluding hydrogens is 311 g/mol. The second-order valence-corrected chi connectivity index (χ2v) is 5.00. The minimum atomic E-state index is -0.534. The van der Waals surface area contributed by atoms with Gasteiger partial charge in [0, 0.05) is 3.57 Å². The number of hydrogen-bond acceptors (Lipinski definition) is 1. The zero-order valence-corrected chi connectivity index (χ0v) is 11.2. The summed E-state index contributed by atoms with van der Waals surface area (Å²) in [7, 11) is 0. The van der Waals surface area contributed by atoms with Crippen molar-refractivity contribution in [3.8, 4) is 0 Å². The van der Waals surface area contributed by atoms with Gasteiger partial charge in [-0.2, -0.15) is 0 Å². The third-order valence-electron chi connectivity index (χ3n) is 2.56. The van der Waals surface area contributed by atoms with Crippen LogP contribution < -0.4 is 0 Å². The highest BCUT2D eigenvalue weighted by Crippen LogP contribution is 2.26. The van der Waals surface area contributed by atoms with E-state index in [4.69, 9.17) is 0 Å². The molecule has 1 nitrogen and oxygen atoms in total. The molecule has 0 bridgehead atoms. The van der Waals surface area contributed by atoms with Crippen LogP contribution in [-0.4, -0.2) is 5.11 Å². The molecule has 1 N–H and O–H groups in total. The largest absolute Gasteiger partial charge is 0.384 e. The van der Waals surface area contributed by atoms with E-state index in [-0.39, 0.29) is 0 Å². The highest BCUT2D eigenvalue weighted by molar-refractivity contribution is 14.1. The highest BCUT2D eigenvalue weighted by atomic mass is 127. The van der Waals surface area contributed by atoms with Gasteiger partial charge in [0.25, 0.3) is 0 Å². The lowest BCUT2D eigenvalue weighted by Gasteiger charge is -2.13. The average molecular weight is 324 g/mol. The molecule has 0 saturated carbocycles. The molecule has 1 unspecified atom stereocenters. The van der Waals surface area contributed by atoms with Crippen molar-refractivity contribution in [1.29, 1.82) is 0 Å². The van der Waals surface area contributed by atoms with E-state index >= 15 is 0 Å². The Bertz CT molecular complexity index is 494. The Morgan fingerprint density at radius 3 is 2.50 bits per heavy atom. The maximum atomic E-state index is 10.3. The smallest absolute Gasteiger partial charge is 0.105 e. The van der Waals surface area contributed by atoms with Gasteiger partial charge in [-0.05, 0) is 46.7 Å². The summed E-state index contributed by atoms with van der Waals surface area (Å²) >= 11 is 2.25. The quantitative estimate of drug-likeness (QED) is 0.836. The number of aryl methyl sites for hydroxylation is 1. The average Bonchev–Trinajstić information content (AvgIpc) is 2.29. The summed E-state index contributed by atoms with van der Waals surface area (Å²) in [5.74, 6) is 0. The van der Waals surface area contributed by atoms with Crippen molar-refractivity contribution in [3.63, 3.8) is 0 Å². The molecule has 1 atom stereocenters. The summed E-state index contributed by atoms with van der Waals surface area (Å²) in [6, 6.07) is 15.9. The number of benzene rings is 2. The Hall–Kier alpha value is -0.870. The number of halogens is 1. The topological polar surface area (TPSA) is 20.2 Å². The Kier molecular flexibility index (Phi) is 3.61. The summed E-state index contributed by atoms with van der Waals surface area (Å²) in [6.45, 7) is 2.03. The molecule has 0 spiro atoms. The van der Waals surface area contributed by atoms with Crippen molar-refractivity contribution in [2.75, 3.05) is 0 Å². The van der Waals surface area contributed by atoms with Crippen molar-refractivity contribution >= 4 is 22.6 Å². The highest BCUT2D eigenvalue weighted by Gasteiger charge is 2.12. The molecule has 0 aliphatic rings. The van der Waals surface area contributed by atoms with Crippen LogP contribution in [0.1, 0.15) is 22.8 Å². The summed E-state index contributed by atoms with van der Waals surface area (Å²) in [6.07, 6.45) is -0.534. The fraction of sp³-hybridized carbons (Fsp3) is 0.143. The molecule has 82 valence electrons. The van der Waals surface area contributed by atoms with Crippen LogP contribution in [0.15, 0.2) is 48.5 Å². The monoisotopic (exact) mass is 324 g/mol. The first-order chi connectivity index (χ1) is 7.68. The Morgan fingerprint density at radius 2 is 1.81 bits per heavy atom. The minimum Gasteiger partial charge on any atom is -0.384 e. The van der Waals surface area contributed by atoms with Gasteiger partial charge in [0.15, 0.2) is 0 Å². The molecule has 16 heavy (non-hydrogen) atoms. The van der Waals surface area contributed by atoms with Crippen LogP contribution in [0.5, 0.6) is 0 Å². The second-order valence-electron chi connectivity index (χ2n) is 3.84. The zero-order valence-electron chi connectivity index (χ0n) is 9.02. The van der Waals surface area contributed by atoms with Crippen LogP contribution in [-0.2, 0) is 0 Å². The SMILES string of the molecule is Cc1cccc(C(O)c2ccccc2I)c1. The molecule has 0 aliphatic heterocycles. The predicted molar refractivity (Wildman–Crippen MR) is 74.4 cm³/mol. The van der Waals surface area contributed by atoms with Crippen molar-refractivity contribution in [2.24, 2.45) is 0 Å². The van der Waals surface area contributed by atoms with Gasteiger partial charge in [-0.3, -0.25) is 0 Å². The maximum absolute atomic E-state index is 10.3. The number of hydrogen-bond donors (Lipinski definition) is 1. The Balaban J connectivity index is 2.39. The van der Waals surface area contributed by atoms with E-state index in [1.54, 1.807) is 0 Å². The van der Waals surface area contributed by atoms with Gasteiger partial charge in [-0.1, -0.05) is 48.0 Å². The molecule has 0 heterocycles. The molecule has 0 aromatic heterocycles. The van der Waals surface area contributed by atoms with Gasteiger partial charge < -0.3 is 5.11 Å². The van der Waals surface area contributed by atoms with Gasteiger partial charge >= 0.3 is 0 Å². The fourth-order valence-electron chi connectivity index (χ4n) is 1.72. The molecule has 2 heteroatoms. The molecule has 2 aromatic carbocycles. The van der Waals surface area contributed by atoms with Crippen molar-refractivity contribution in [2.45, 2.75) is 13.0 Å². The van der Waals surface area contributed by atoms with E-state index in [0.717, 1.165) is 14.7 Å². The van der Waals surface area contributed by atoms with E-state index < -0.39 is 6.10 Å². The van der Waals surface area contributed by atoms with Crippen LogP contribution in [0.4, 0.5) is 0 Å². The Labute approximate surface area is 109 Å². The van der Waals surface area contributed by atoms with Gasteiger partial charge in [0.2, 0.25) is 0 Å². The number of aliphatic hydroxyl groups excluding tert-OH is 1. The zero-order chi connectivity index (χ0) is 11.5. The lowest BCUT2D eigenvalue weighted by molar-refractivity contribution is 0.219. The third-order valence-corrected chi connectivity index (χ3v) is 3.54. The maximum Gasteiger partial charge on any atom is 0.105 e. The van der Waals surface area contributed by atoms with Crippen LogP contribution in [0, 0.1) is 10.5 Å². The van der Waals surface area contributed by atoms with Crippen LogP contribution in [0.2, 0.25) is 0 Å². The normalized spacial score (nSPS) is 12.4. The lowest BCUT2D eigenvalue weighted by Crippen LogP contribution is -2.01. The number of aliphatic hydroxyl groups is 1. The van der Waals surface area contributed by atoms with Gasteiger partial charge in [-0.15, -0.1) is 0 Å². The van der Waals surface area contributed by atoms with E-state index in [1.165, 1.54) is 5.56 Å². The number of rotatable bonds is 2. The Morgan fingerprint density at radius 1 is 1.06 bits per heavy atom. The molecule has 2 aromatic rings. The summed E-state index contributed by atoms with van der Waals surface area (Å²) in [5, 5.41) is 10.3. The van der Waals surface area contributed by atoms with Gasteiger partial charge in [0.05, 0.1) is 0 Å².